The van der Waals surface area contributed by atoms with Gasteiger partial charge >= 0.3 is 0 Å². The molecule has 0 aliphatic carbocycles. The molecule has 2 aromatic rings. The fourth-order valence-corrected chi connectivity index (χ4v) is 8.08. The molecule has 1 amide bonds. The zero-order chi connectivity index (χ0) is 24.5. The van der Waals surface area contributed by atoms with Crippen molar-refractivity contribution in [2.45, 2.75) is 35.6 Å². The summed E-state index contributed by atoms with van der Waals surface area (Å²) >= 11 is 2.13. The average molecular weight is 601 g/mol. The highest BCUT2D eigenvalue weighted by atomic mass is 127. The number of carbonyl (C=O) groups excluding carboxylic acids is 1. The first-order valence-electron chi connectivity index (χ1n) is 11.3. The van der Waals surface area contributed by atoms with Crippen molar-refractivity contribution in [1.82, 2.24) is 9.21 Å². The summed E-state index contributed by atoms with van der Waals surface area (Å²) in [5.41, 5.74) is 1.78. The number of hydrogen-bond donors (Lipinski definition) is 0. The Balaban J connectivity index is 1.52. The van der Waals surface area contributed by atoms with E-state index in [0.717, 1.165) is 5.69 Å². The van der Waals surface area contributed by atoms with Crippen LogP contribution in [0.1, 0.15) is 36.1 Å². The summed E-state index contributed by atoms with van der Waals surface area (Å²) in [7, 11) is -2.14. The van der Waals surface area contributed by atoms with Crippen molar-refractivity contribution in [3.05, 3.63) is 59.4 Å². The van der Waals surface area contributed by atoms with Gasteiger partial charge in [-0.15, -0.1) is 0 Å². The van der Waals surface area contributed by atoms with Gasteiger partial charge in [0.25, 0.3) is 0 Å². The van der Waals surface area contributed by atoms with Gasteiger partial charge < -0.3 is 14.5 Å². The highest BCUT2D eigenvalue weighted by Gasteiger charge is 2.41. The second kappa shape index (κ2) is 10.4. The third-order valence-corrected chi connectivity index (χ3v) is 10.5. The Morgan fingerprint density at radius 1 is 1.12 bits per heavy atom. The van der Waals surface area contributed by atoms with E-state index in [2.05, 4.69) is 22.6 Å². The van der Waals surface area contributed by atoms with Crippen molar-refractivity contribution < 1.29 is 22.3 Å². The molecule has 2 aliphatic heterocycles. The molecule has 184 valence electrons. The van der Waals surface area contributed by atoms with Crippen molar-refractivity contribution in [2.75, 3.05) is 38.2 Å². The number of anilines is 1. The van der Waals surface area contributed by atoms with Crippen molar-refractivity contribution in [3.63, 3.8) is 0 Å². The molecule has 2 saturated heterocycles. The average Bonchev–Trinajstić information content (AvgIpc) is 2.82. The smallest absolute Gasteiger partial charge is 0.222 e. The normalized spacial score (nSPS) is 23.1. The van der Waals surface area contributed by atoms with E-state index < -0.39 is 21.1 Å². The lowest BCUT2D eigenvalue weighted by atomic mass is 10.1. The number of alkyl halides is 1. The summed E-state index contributed by atoms with van der Waals surface area (Å²) in [6.07, 6.45) is 1.19. The van der Waals surface area contributed by atoms with Crippen LogP contribution in [0.5, 0.6) is 5.75 Å². The SMILES string of the molecule is COc1cccc(C2CC[C@H](I)N(Cc3ccc(N4CCN(C(C)=O)CC4)cc3F)S2(=O)=O)c1. The number of hydrogen-bond acceptors (Lipinski definition) is 5. The van der Waals surface area contributed by atoms with Crippen LogP contribution in [-0.4, -0.2) is 60.9 Å². The van der Waals surface area contributed by atoms with Gasteiger partial charge in [-0.05, 0) is 42.7 Å². The Morgan fingerprint density at radius 3 is 2.50 bits per heavy atom. The molecule has 4 rings (SSSR count). The molecular formula is C24H29FIN3O4S. The van der Waals surface area contributed by atoms with E-state index in [4.69, 9.17) is 4.74 Å². The van der Waals surface area contributed by atoms with E-state index in [1.807, 2.05) is 11.0 Å². The maximum Gasteiger partial charge on any atom is 0.222 e. The molecular weight excluding hydrogens is 572 g/mol. The minimum absolute atomic E-state index is 0.0133. The number of nitrogens with zero attached hydrogens (tertiary/aromatic N) is 3. The number of benzene rings is 2. The zero-order valence-electron chi connectivity index (χ0n) is 19.3. The summed E-state index contributed by atoms with van der Waals surface area (Å²) in [4.78, 5) is 15.4. The van der Waals surface area contributed by atoms with Gasteiger partial charge in [-0.3, -0.25) is 4.79 Å². The Kier molecular flexibility index (Phi) is 7.68. The lowest BCUT2D eigenvalue weighted by molar-refractivity contribution is -0.129. The fourth-order valence-electron chi connectivity index (χ4n) is 4.58. The highest BCUT2D eigenvalue weighted by Crippen LogP contribution is 2.41. The molecule has 0 saturated carbocycles. The van der Waals surface area contributed by atoms with Crippen LogP contribution in [0, 0.1) is 5.82 Å². The number of methoxy groups -OCH3 is 1. The molecule has 2 aliphatic rings. The Hall–Kier alpha value is -1.92. The standard InChI is InChI=1S/C24H29FIN3O4S/c1-17(30)27-10-12-28(13-11-27)20-7-6-19(22(25)15-20)16-29-24(26)9-8-23(34(29,31)32)18-4-3-5-21(14-18)33-2/h3-7,14-15,23-24H,8-13,16H2,1-2H3/t23?,24-/m1/s1. The van der Waals surface area contributed by atoms with Crippen LogP contribution in [0.3, 0.4) is 0 Å². The Labute approximate surface area is 214 Å². The molecule has 0 radical (unpaired) electrons. The molecule has 0 spiro atoms. The molecule has 2 aromatic carbocycles. The van der Waals surface area contributed by atoms with Crippen LogP contribution in [0.15, 0.2) is 42.5 Å². The van der Waals surface area contributed by atoms with Crippen LogP contribution < -0.4 is 9.64 Å². The molecule has 1 unspecified atom stereocenters. The summed E-state index contributed by atoms with van der Waals surface area (Å²) in [6.45, 7) is 4.02. The molecule has 7 nitrogen and oxygen atoms in total. The van der Waals surface area contributed by atoms with Crippen molar-refractivity contribution in [1.29, 1.82) is 0 Å². The van der Waals surface area contributed by atoms with E-state index in [0.29, 0.717) is 55.9 Å². The van der Waals surface area contributed by atoms with Gasteiger partial charge in [-0.25, -0.2) is 12.8 Å². The van der Waals surface area contributed by atoms with Gasteiger partial charge in [0.2, 0.25) is 15.9 Å². The van der Waals surface area contributed by atoms with E-state index in [1.165, 1.54) is 10.4 Å². The number of ether oxygens (including phenoxy) is 1. The molecule has 34 heavy (non-hydrogen) atoms. The first kappa shape index (κ1) is 25.2. The molecule has 2 atom stereocenters. The third-order valence-electron chi connectivity index (χ3n) is 6.58. The van der Waals surface area contributed by atoms with E-state index in [9.17, 15) is 13.2 Å². The fraction of sp³-hybridized carbons (Fsp3) is 0.458. The van der Waals surface area contributed by atoms with Gasteiger partial charge in [0, 0.05) is 50.9 Å². The number of carbonyl (C=O) groups is 1. The number of rotatable bonds is 5. The maximum absolute atomic E-state index is 15.1. The lowest BCUT2D eigenvalue weighted by Gasteiger charge is -2.37. The van der Waals surface area contributed by atoms with Crippen LogP contribution in [-0.2, 0) is 21.4 Å². The monoisotopic (exact) mass is 601 g/mol. The molecule has 0 aromatic heterocycles. The van der Waals surface area contributed by atoms with Crippen LogP contribution in [0.2, 0.25) is 0 Å². The summed E-state index contributed by atoms with van der Waals surface area (Å²) in [6, 6.07) is 12.1. The van der Waals surface area contributed by atoms with E-state index >= 15 is 4.39 Å². The summed E-state index contributed by atoms with van der Waals surface area (Å²) < 4.78 is 48.7. The Bertz CT molecular complexity index is 1150. The topological polar surface area (TPSA) is 70.2 Å². The highest BCUT2D eigenvalue weighted by molar-refractivity contribution is 14.1. The minimum atomic E-state index is -3.70. The van der Waals surface area contributed by atoms with Crippen LogP contribution in [0.25, 0.3) is 0 Å². The number of amides is 1. The third kappa shape index (κ3) is 5.18. The second-order valence-corrected chi connectivity index (χ2v) is 12.1. The van der Waals surface area contributed by atoms with Gasteiger partial charge in [0.05, 0.1) is 11.2 Å². The van der Waals surface area contributed by atoms with Crippen molar-refractivity contribution in [3.8, 4) is 5.75 Å². The largest absolute Gasteiger partial charge is 0.497 e. The first-order valence-corrected chi connectivity index (χ1v) is 14.0. The summed E-state index contributed by atoms with van der Waals surface area (Å²) in [5.74, 6) is 0.236. The predicted octanol–water partition coefficient (Wildman–Crippen LogP) is 3.93. The van der Waals surface area contributed by atoms with Gasteiger partial charge in [-0.2, -0.15) is 4.31 Å². The molecule has 0 N–H and O–H groups in total. The van der Waals surface area contributed by atoms with Crippen LogP contribution >= 0.6 is 22.6 Å². The van der Waals surface area contributed by atoms with E-state index in [1.54, 1.807) is 49.3 Å². The van der Waals surface area contributed by atoms with E-state index in [-0.39, 0.29) is 16.5 Å². The van der Waals surface area contributed by atoms with Crippen molar-refractivity contribution in [2.24, 2.45) is 0 Å². The number of piperazine rings is 1. The molecule has 2 heterocycles. The minimum Gasteiger partial charge on any atom is -0.497 e. The summed E-state index contributed by atoms with van der Waals surface area (Å²) in [5, 5.41) is -0.687. The van der Waals surface area contributed by atoms with Gasteiger partial charge in [0.15, 0.2) is 0 Å². The Morgan fingerprint density at radius 2 is 1.85 bits per heavy atom. The molecule has 2 fully saturated rings. The number of halogens is 2. The number of sulfonamides is 1. The lowest BCUT2D eigenvalue weighted by Crippen LogP contribution is -2.48. The maximum atomic E-state index is 15.1. The second-order valence-electron chi connectivity index (χ2n) is 8.64. The molecule has 10 heteroatoms. The van der Waals surface area contributed by atoms with Gasteiger partial charge in [-0.1, -0.05) is 40.8 Å². The van der Waals surface area contributed by atoms with Gasteiger partial charge in [0.1, 0.15) is 16.8 Å². The first-order chi connectivity index (χ1) is 16.2. The zero-order valence-corrected chi connectivity index (χ0v) is 22.3. The van der Waals surface area contributed by atoms with Crippen molar-refractivity contribution >= 4 is 44.2 Å². The predicted molar refractivity (Wildman–Crippen MR) is 138 cm³/mol. The molecule has 0 bridgehead atoms. The van der Waals surface area contributed by atoms with Crippen LogP contribution in [0.4, 0.5) is 10.1 Å². The quantitative estimate of drug-likeness (QED) is 0.295.